The zero-order valence-electron chi connectivity index (χ0n) is 13.6. The Kier molecular flexibility index (Phi) is 4.11. The lowest BCUT2D eigenvalue weighted by molar-refractivity contribution is -0.118. The van der Waals surface area contributed by atoms with Gasteiger partial charge in [0.15, 0.2) is 0 Å². The molecular formula is C20H17NO3S. The van der Waals surface area contributed by atoms with Crippen molar-refractivity contribution in [1.82, 2.24) is 0 Å². The maximum atomic E-state index is 12.5. The molecule has 5 heteroatoms. The highest BCUT2D eigenvalue weighted by atomic mass is 32.2. The first kappa shape index (κ1) is 16.0. The van der Waals surface area contributed by atoms with Gasteiger partial charge in [-0.3, -0.25) is 4.79 Å². The van der Waals surface area contributed by atoms with E-state index >= 15 is 0 Å². The fraction of sp³-hybridized carbons (Fsp3) is 0.150. The fourth-order valence-corrected chi connectivity index (χ4v) is 3.98. The molecular weight excluding hydrogens is 334 g/mol. The van der Waals surface area contributed by atoms with Gasteiger partial charge in [0, 0.05) is 10.3 Å². The standard InChI is InChI=1S/C20H17NO3S/c1-24-14-9-6-13(7-10-14)17-19(22)20(23)25-16-11-8-12-4-2-3-5-15(12)18(16)21-17/h2-11,17,19,21-22H,1H3/t17-,19-/m0/s1. The van der Waals surface area contributed by atoms with Crippen LogP contribution in [0.25, 0.3) is 10.8 Å². The van der Waals surface area contributed by atoms with E-state index in [-0.39, 0.29) is 5.12 Å². The summed E-state index contributed by atoms with van der Waals surface area (Å²) in [5, 5.41) is 15.8. The molecule has 0 aromatic heterocycles. The van der Waals surface area contributed by atoms with Crippen LogP contribution >= 0.6 is 11.8 Å². The van der Waals surface area contributed by atoms with Gasteiger partial charge in [0.2, 0.25) is 5.12 Å². The van der Waals surface area contributed by atoms with Gasteiger partial charge in [0.25, 0.3) is 0 Å². The van der Waals surface area contributed by atoms with E-state index in [2.05, 4.69) is 5.32 Å². The van der Waals surface area contributed by atoms with Crippen LogP contribution in [0.4, 0.5) is 5.69 Å². The molecule has 1 aliphatic rings. The zero-order chi connectivity index (χ0) is 17.4. The molecule has 0 unspecified atom stereocenters. The first-order valence-corrected chi connectivity index (χ1v) is 8.81. The van der Waals surface area contributed by atoms with Crippen LogP contribution in [-0.4, -0.2) is 23.4 Å². The molecule has 3 aromatic carbocycles. The lowest BCUT2D eigenvalue weighted by atomic mass is 10.0. The van der Waals surface area contributed by atoms with Gasteiger partial charge in [0.05, 0.1) is 18.8 Å². The summed E-state index contributed by atoms with van der Waals surface area (Å²) >= 11 is 1.09. The molecule has 4 rings (SSSR count). The third-order valence-corrected chi connectivity index (χ3v) is 5.44. The van der Waals surface area contributed by atoms with Crippen LogP contribution in [0, 0.1) is 0 Å². The number of methoxy groups -OCH3 is 1. The first-order valence-electron chi connectivity index (χ1n) is 7.99. The van der Waals surface area contributed by atoms with Crippen molar-refractivity contribution in [2.45, 2.75) is 17.0 Å². The Balaban J connectivity index is 1.83. The summed E-state index contributed by atoms with van der Waals surface area (Å²) in [6.07, 6.45) is -1.13. The molecule has 25 heavy (non-hydrogen) atoms. The van der Waals surface area contributed by atoms with E-state index in [0.29, 0.717) is 0 Å². The van der Waals surface area contributed by atoms with E-state index in [1.54, 1.807) is 7.11 Å². The number of aliphatic hydroxyl groups is 1. The summed E-state index contributed by atoms with van der Waals surface area (Å²) in [6, 6.07) is 18.8. The Morgan fingerprint density at radius 1 is 1.04 bits per heavy atom. The van der Waals surface area contributed by atoms with Gasteiger partial charge < -0.3 is 15.2 Å². The molecule has 0 saturated carbocycles. The number of hydrogen-bond acceptors (Lipinski definition) is 5. The van der Waals surface area contributed by atoms with E-state index < -0.39 is 12.1 Å². The van der Waals surface area contributed by atoms with Crippen molar-refractivity contribution in [3.63, 3.8) is 0 Å². The predicted octanol–water partition coefficient (Wildman–Crippen LogP) is 3.99. The molecule has 2 N–H and O–H groups in total. The lowest BCUT2D eigenvalue weighted by Gasteiger charge is -2.23. The van der Waals surface area contributed by atoms with Crippen molar-refractivity contribution >= 4 is 33.3 Å². The van der Waals surface area contributed by atoms with Crippen LogP contribution in [0.1, 0.15) is 11.6 Å². The van der Waals surface area contributed by atoms with Crippen molar-refractivity contribution in [3.05, 3.63) is 66.2 Å². The molecule has 0 aliphatic carbocycles. The Bertz CT molecular complexity index is 939. The van der Waals surface area contributed by atoms with Gasteiger partial charge in [-0.15, -0.1) is 0 Å². The van der Waals surface area contributed by atoms with Crippen molar-refractivity contribution in [2.75, 3.05) is 12.4 Å². The fourth-order valence-electron chi connectivity index (χ4n) is 3.10. The van der Waals surface area contributed by atoms with Crippen LogP contribution in [0.2, 0.25) is 0 Å². The van der Waals surface area contributed by atoms with Crippen LogP contribution < -0.4 is 10.1 Å². The molecule has 1 heterocycles. The number of thioether (sulfide) groups is 1. The minimum atomic E-state index is -1.13. The number of anilines is 1. The molecule has 126 valence electrons. The lowest BCUT2D eigenvalue weighted by Crippen LogP contribution is -2.29. The van der Waals surface area contributed by atoms with Crippen LogP contribution in [0.3, 0.4) is 0 Å². The van der Waals surface area contributed by atoms with Crippen molar-refractivity contribution in [3.8, 4) is 5.75 Å². The van der Waals surface area contributed by atoms with Gasteiger partial charge in [-0.25, -0.2) is 0 Å². The highest BCUT2D eigenvalue weighted by molar-refractivity contribution is 8.14. The van der Waals surface area contributed by atoms with E-state index in [1.165, 1.54) is 0 Å². The number of carbonyl (C=O) groups is 1. The summed E-state index contributed by atoms with van der Waals surface area (Å²) in [6.45, 7) is 0. The summed E-state index contributed by atoms with van der Waals surface area (Å²) in [5.41, 5.74) is 1.72. The monoisotopic (exact) mass is 351 g/mol. The molecule has 0 spiro atoms. The van der Waals surface area contributed by atoms with E-state index in [9.17, 15) is 9.90 Å². The second kappa shape index (κ2) is 6.43. The molecule has 0 fully saturated rings. The maximum absolute atomic E-state index is 12.5. The highest BCUT2D eigenvalue weighted by Crippen LogP contribution is 2.41. The van der Waals surface area contributed by atoms with Gasteiger partial charge >= 0.3 is 0 Å². The quantitative estimate of drug-likeness (QED) is 0.731. The SMILES string of the molecule is COc1ccc([C@@H]2Nc3c(ccc4ccccc34)SC(=O)[C@H]2O)cc1. The van der Waals surface area contributed by atoms with Crippen LogP contribution in [-0.2, 0) is 4.79 Å². The zero-order valence-corrected chi connectivity index (χ0v) is 14.4. The molecule has 2 atom stereocenters. The number of carbonyl (C=O) groups excluding carboxylic acids is 1. The maximum Gasteiger partial charge on any atom is 0.224 e. The van der Waals surface area contributed by atoms with E-state index in [4.69, 9.17) is 4.74 Å². The first-order chi connectivity index (χ1) is 12.2. The minimum Gasteiger partial charge on any atom is -0.497 e. The number of rotatable bonds is 2. The summed E-state index contributed by atoms with van der Waals surface area (Å²) < 4.78 is 5.19. The molecule has 1 aliphatic heterocycles. The number of hydrogen-bond donors (Lipinski definition) is 2. The largest absolute Gasteiger partial charge is 0.497 e. The molecule has 0 radical (unpaired) electrons. The van der Waals surface area contributed by atoms with E-state index in [0.717, 1.165) is 44.4 Å². The molecule has 0 saturated heterocycles. The number of benzene rings is 3. The van der Waals surface area contributed by atoms with Crippen molar-refractivity contribution in [1.29, 1.82) is 0 Å². The number of ether oxygens (including phenoxy) is 1. The van der Waals surface area contributed by atoms with E-state index in [1.807, 2.05) is 60.7 Å². The molecule has 0 bridgehead atoms. The second-order valence-corrected chi connectivity index (χ2v) is 6.97. The summed E-state index contributed by atoms with van der Waals surface area (Å²) in [4.78, 5) is 13.3. The van der Waals surface area contributed by atoms with Gasteiger partial charge in [0.1, 0.15) is 11.9 Å². The predicted molar refractivity (Wildman–Crippen MR) is 100 cm³/mol. The van der Waals surface area contributed by atoms with Gasteiger partial charge in [-0.2, -0.15) is 0 Å². The second-order valence-electron chi connectivity index (χ2n) is 5.92. The van der Waals surface area contributed by atoms with Crippen molar-refractivity contribution < 1.29 is 14.6 Å². The van der Waals surface area contributed by atoms with Crippen LogP contribution in [0.5, 0.6) is 5.75 Å². The Labute approximate surface area is 149 Å². The Morgan fingerprint density at radius 2 is 1.80 bits per heavy atom. The molecule has 3 aromatic rings. The third kappa shape index (κ3) is 2.86. The average Bonchev–Trinajstić information content (AvgIpc) is 2.79. The minimum absolute atomic E-state index is 0.262. The normalized spacial score (nSPS) is 19.8. The Hall–Kier alpha value is -2.50. The third-order valence-electron chi connectivity index (χ3n) is 4.43. The van der Waals surface area contributed by atoms with Gasteiger partial charge in [-0.1, -0.05) is 42.5 Å². The van der Waals surface area contributed by atoms with Crippen molar-refractivity contribution in [2.24, 2.45) is 0 Å². The summed E-state index contributed by atoms with van der Waals surface area (Å²) in [7, 11) is 1.61. The van der Waals surface area contributed by atoms with Crippen LogP contribution in [0.15, 0.2) is 65.6 Å². The average molecular weight is 351 g/mol. The molecule has 0 amide bonds. The topological polar surface area (TPSA) is 58.6 Å². The number of fused-ring (bicyclic) bond motifs is 3. The number of nitrogens with one attached hydrogen (secondary N) is 1. The Morgan fingerprint density at radius 3 is 2.56 bits per heavy atom. The highest BCUT2D eigenvalue weighted by Gasteiger charge is 2.33. The molecule has 4 nitrogen and oxygen atoms in total. The smallest absolute Gasteiger partial charge is 0.224 e. The number of aliphatic hydroxyl groups excluding tert-OH is 1. The summed E-state index contributed by atoms with van der Waals surface area (Å²) in [5.74, 6) is 0.735. The van der Waals surface area contributed by atoms with Gasteiger partial charge in [-0.05, 0) is 40.9 Å².